The smallest absolute Gasteiger partial charge is 0.230 e. The van der Waals surface area contributed by atoms with E-state index in [9.17, 15) is 10.1 Å². The maximum Gasteiger partial charge on any atom is 0.230 e. The molecule has 6 heterocycles. The van der Waals surface area contributed by atoms with Gasteiger partial charge in [0.05, 0.1) is 52.9 Å². The molecule has 12 heteroatoms. The molecule has 7 rings (SSSR count). The fourth-order valence-corrected chi connectivity index (χ4v) is 7.27. The molecule has 2 aliphatic heterocycles. The number of anilines is 2. The highest BCUT2D eigenvalue weighted by Gasteiger charge is 2.47. The van der Waals surface area contributed by atoms with E-state index in [0.29, 0.717) is 30.6 Å². The first-order valence-electron chi connectivity index (χ1n) is 14.4. The third-order valence-electron chi connectivity index (χ3n) is 8.68. The van der Waals surface area contributed by atoms with Crippen molar-refractivity contribution in [2.45, 2.75) is 45.7 Å². The number of carbonyl (C=O) groups excluding carboxylic acids is 1. The number of piperidine rings is 1. The van der Waals surface area contributed by atoms with Gasteiger partial charge in [0.25, 0.3) is 0 Å². The van der Waals surface area contributed by atoms with Gasteiger partial charge in [-0.1, -0.05) is 11.3 Å². The second-order valence-corrected chi connectivity index (χ2v) is 13.2. The summed E-state index contributed by atoms with van der Waals surface area (Å²) in [5.74, 6) is 0.927. The van der Waals surface area contributed by atoms with Crippen molar-refractivity contribution < 1.29 is 9.53 Å². The molecular formula is C30H33N9O2S. The molecule has 0 radical (unpaired) electrons. The van der Waals surface area contributed by atoms with Gasteiger partial charge in [0, 0.05) is 37.1 Å². The van der Waals surface area contributed by atoms with Crippen molar-refractivity contribution in [1.82, 2.24) is 30.1 Å². The van der Waals surface area contributed by atoms with Crippen molar-refractivity contribution in [3.63, 3.8) is 0 Å². The van der Waals surface area contributed by atoms with Gasteiger partial charge in [-0.3, -0.25) is 9.78 Å². The second kappa shape index (κ2) is 10.3. The molecule has 0 spiro atoms. The van der Waals surface area contributed by atoms with E-state index in [1.807, 2.05) is 37.4 Å². The Balaban J connectivity index is 1.12. The average molecular weight is 584 g/mol. The van der Waals surface area contributed by atoms with Crippen LogP contribution in [-0.2, 0) is 9.53 Å². The molecule has 1 amide bonds. The summed E-state index contributed by atoms with van der Waals surface area (Å²) >= 11 is 1.58. The molecule has 2 atom stereocenters. The maximum absolute atomic E-state index is 12.9. The van der Waals surface area contributed by atoms with Crippen LogP contribution in [0.4, 0.5) is 10.8 Å². The highest BCUT2D eigenvalue weighted by Crippen LogP contribution is 2.42. The molecule has 42 heavy (non-hydrogen) atoms. The minimum Gasteiger partial charge on any atom is -0.382 e. The predicted octanol–water partition coefficient (Wildman–Crippen LogP) is 3.97. The van der Waals surface area contributed by atoms with Gasteiger partial charge >= 0.3 is 0 Å². The molecule has 4 aromatic heterocycles. The van der Waals surface area contributed by atoms with Crippen LogP contribution in [0.1, 0.15) is 39.2 Å². The number of amides is 1. The molecule has 2 saturated heterocycles. The fourth-order valence-electron chi connectivity index (χ4n) is 6.38. The molecule has 11 nitrogen and oxygen atoms in total. The number of nitrogens with one attached hydrogen (secondary N) is 2. The van der Waals surface area contributed by atoms with Crippen LogP contribution in [0.2, 0.25) is 0 Å². The van der Waals surface area contributed by atoms with Crippen LogP contribution in [0.25, 0.3) is 27.5 Å². The van der Waals surface area contributed by atoms with Crippen molar-refractivity contribution >= 4 is 33.6 Å². The van der Waals surface area contributed by atoms with Gasteiger partial charge in [0.15, 0.2) is 5.01 Å². The molecule has 1 aliphatic carbocycles. The first-order valence-corrected chi connectivity index (χ1v) is 15.3. The highest BCUT2D eigenvalue weighted by molar-refractivity contribution is 7.18. The first-order chi connectivity index (χ1) is 20.3. The van der Waals surface area contributed by atoms with E-state index in [0.717, 1.165) is 64.2 Å². The van der Waals surface area contributed by atoms with Gasteiger partial charge < -0.3 is 20.3 Å². The van der Waals surface area contributed by atoms with Crippen LogP contribution in [0.3, 0.4) is 0 Å². The zero-order valence-corrected chi connectivity index (χ0v) is 24.7. The zero-order valence-electron chi connectivity index (χ0n) is 23.9. The lowest BCUT2D eigenvalue weighted by Gasteiger charge is -2.42. The number of ether oxygens (including phenoxy) is 1. The van der Waals surface area contributed by atoms with Crippen molar-refractivity contribution in [3.8, 4) is 28.0 Å². The Labute approximate surface area is 247 Å². The van der Waals surface area contributed by atoms with E-state index in [1.54, 1.807) is 22.0 Å². The third-order valence-corrected chi connectivity index (χ3v) is 9.69. The van der Waals surface area contributed by atoms with Gasteiger partial charge in [0.1, 0.15) is 6.07 Å². The van der Waals surface area contributed by atoms with Crippen LogP contribution >= 0.6 is 11.3 Å². The van der Waals surface area contributed by atoms with E-state index >= 15 is 0 Å². The number of rotatable bonds is 7. The van der Waals surface area contributed by atoms with Gasteiger partial charge in [-0.05, 0) is 69.7 Å². The van der Waals surface area contributed by atoms with E-state index in [4.69, 9.17) is 9.72 Å². The Morgan fingerprint density at radius 1 is 1.17 bits per heavy atom. The molecule has 2 N–H and O–H groups in total. The standard InChI is InChI=1S/C30H33N9O2S/c1-17(2)34-23-9-24(25-7-6-21-8-18(10-31)11-33-39(21)25)32-12-22(23)27-36-37-29(42-27)38-13-19-4-5-20(14-38)26(19)35-28(40)30(3)15-41-16-30/h6-9,11-12,17,19-20,26H,4-5,13-16H2,1-3H3,(H,32,34)(H,35,40). The van der Waals surface area contributed by atoms with Crippen molar-refractivity contribution in [1.29, 1.82) is 5.26 Å². The van der Waals surface area contributed by atoms with E-state index in [1.165, 1.54) is 0 Å². The summed E-state index contributed by atoms with van der Waals surface area (Å²) in [4.78, 5) is 20.0. The monoisotopic (exact) mass is 583 g/mol. The minimum absolute atomic E-state index is 0.124. The number of nitriles is 1. The van der Waals surface area contributed by atoms with Crippen molar-refractivity contribution in [2.75, 3.05) is 36.5 Å². The maximum atomic E-state index is 12.9. The number of carbonyl (C=O) groups is 1. The summed E-state index contributed by atoms with van der Waals surface area (Å²) in [6.45, 7) is 8.92. The molecule has 0 aromatic carbocycles. The highest BCUT2D eigenvalue weighted by atomic mass is 32.1. The van der Waals surface area contributed by atoms with Crippen molar-refractivity contribution in [3.05, 3.63) is 42.2 Å². The van der Waals surface area contributed by atoms with Gasteiger partial charge in [-0.2, -0.15) is 10.4 Å². The molecule has 2 bridgehead atoms. The number of fused-ring (bicyclic) bond motifs is 3. The molecular weight excluding hydrogens is 550 g/mol. The molecule has 1 saturated carbocycles. The van der Waals surface area contributed by atoms with Crippen LogP contribution in [0, 0.1) is 28.6 Å². The lowest BCUT2D eigenvalue weighted by Crippen LogP contribution is -2.59. The molecule has 3 fully saturated rings. The fraction of sp³-hybridized carbons (Fsp3) is 0.467. The average Bonchev–Trinajstić information content (AvgIpc) is 3.67. The van der Waals surface area contributed by atoms with Crippen LogP contribution in [0.15, 0.2) is 36.7 Å². The third kappa shape index (κ3) is 4.66. The summed E-state index contributed by atoms with van der Waals surface area (Å²) in [7, 11) is 0. The molecule has 216 valence electrons. The Kier molecular flexibility index (Phi) is 6.59. The lowest BCUT2D eigenvalue weighted by molar-refractivity contribution is -0.159. The SMILES string of the molecule is CC(C)Nc1cc(-c2ccc3cc(C#N)cnn23)ncc1-c1nnc(N2CC3CCC(C2)C3NC(=O)C2(C)COC2)s1. The normalized spacial score (nSPS) is 22.6. The molecule has 2 unspecified atom stereocenters. The van der Waals surface area contributed by atoms with E-state index < -0.39 is 0 Å². The number of hydrogen-bond donors (Lipinski definition) is 2. The van der Waals surface area contributed by atoms with Crippen LogP contribution in [0.5, 0.6) is 0 Å². The summed E-state index contributed by atoms with van der Waals surface area (Å²) in [6, 6.07) is 10.3. The summed E-state index contributed by atoms with van der Waals surface area (Å²) in [5.41, 5.74) is 4.41. The van der Waals surface area contributed by atoms with Crippen LogP contribution in [-0.4, -0.2) is 69.1 Å². The van der Waals surface area contributed by atoms with Gasteiger partial charge in [-0.15, -0.1) is 10.2 Å². The number of nitrogens with zero attached hydrogens (tertiary/aromatic N) is 7. The minimum atomic E-state index is -0.387. The van der Waals surface area contributed by atoms with Gasteiger partial charge in [0.2, 0.25) is 11.0 Å². The second-order valence-electron chi connectivity index (χ2n) is 12.3. The summed E-state index contributed by atoms with van der Waals surface area (Å²) in [6.07, 6.45) is 5.64. The van der Waals surface area contributed by atoms with Crippen LogP contribution < -0.4 is 15.5 Å². The lowest BCUT2D eigenvalue weighted by atomic mass is 9.85. The Morgan fingerprint density at radius 3 is 2.64 bits per heavy atom. The Morgan fingerprint density at radius 2 is 1.95 bits per heavy atom. The van der Waals surface area contributed by atoms with E-state index in [2.05, 4.69) is 50.7 Å². The Hall–Kier alpha value is -4.08. The quantitative estimate of drug-likeness (QED) is 0.331. The summed E-state index contributed by atoms with van der Waals surface area (Å²) in [5, 5.41) is 31.5. The number of hydrogen-bond acceptors (Lipinski definition) is 10. The number of pyridine rings is 1. The first kappa shape index (κ1) is 26.8. The summed E-state index contributed by atoms with van der Waals surface area (Å²) < 4.78 is 7.10. The molecule has 4 aromatic rings. The number of aromatic nitrogens is 5. The van der Waals surface area contributed by atoms with Crippen molar-refractivity contribution in [2.24, 2.45) is 17.3 Å². The zero-order chi connectivity index (χ0) is 29.0. The van der Waals surface area contributed by atoms with Gasteiger partial charge in [-0.25, -0.2) is 4.52 Å². The predicted molar refractivity (Wildman–Crippen MR) is 160 cm³/mol. The Bertz CT molecular complexity index is 1690. The molecule has 3 aliphatic rings. The largest absolute Gasteiger partial charge is 0.382 e. The topological polar surface area (TPSA) is 133 Å². The van der Waals surface area contributed by atoms with E-state index in [-0.39, 0.29) is 23.4 Å².